The van der Waals surface area contributed by atoms with E-state index in [2.05, 4.69) is 46.8 Å². The molecular weight excluding hydrogens is 206 g/mol. The highest BCUT2D eigenvalue weighted by Crippen LogP contribution is 2.26. The van der Waals surface area contributed by atoms with Gasteiger partial charge in [0.15, 0.2) is 0 Å². The van der Waals surface area contributed by atoms with Crippen molar-refractivity contribution in [2.45, 2.75) is 66.7 Å². The van der Waals surface area contributed by atoms with E-state index in [0.717, 1.165) is 13.0 Å². The van der Waals surface area contributed by atoms with Crippen LogP contribution in [0.5, 0.6) is 0 Å². The molecule has 0 aliphatic heterocycles. The van der Waals surface area contributed by atoms with Gasteiger partial charge in [0.05, 0.1) is 0 Å². The van der Waals surface area contributed by atoms with Crippen LogP contribution >= 0.6 is 0 Å². The van der Waals surface area contributed by atoms with E-state index in [4.69, 9.17) is 5.73 Å². The molecule has 0 saturated heterocycles. The van der Waals surface area contributed by atoms with E-state index in [9.17, 15) is 0 Å². The van der Waals surface area contributed by atoms with Gasteiger partial charge in [-0.25, -0.2) is 0 Å². The average molecular weight is 237 g/mol. The van der Waals surface area contributed by atoms with Crippen LogP contribution in [-0.2, 0) is 0 Å². The lowest BCUT2D eigenvalue weighted by atomic mass is 9.84. The highest BCUT2D eigenvalue weighted by atomic mass is 14.5. The normalized spacial score (nSPS) is 12.7. The van der Waals surface area contributed by atoms with Crippen LogP contribution in [0.25, 0.3) is 0 Å². The maximum absolute atomic E-state index is 5.62. The fourth-order valence-electron chi connectivity index (χ4n) is 1.92. The fourth-order valence-corrected chi connectivity index (χ4v) is 1.92. The van der Waals surface area contributed by atoms with Gasteiger partial charge in [0, 0.05) is 0 Å². The van der Waals surface area contributed by atoms with Crippen molar-refractivity contribution in [1.82, 2.24) is 0 Å². The summed E-state index contributed by atoms with van der Waals surface area (Å²) in [5.41, 5.74) is 8.95. The Hall–Kier alpha value is -0.560. The molecule has 0 spiro atoms. The maximum Gasteiger partial charge on any atom is -0.00722 e. The lowest BCUT2D eigenvalue weighted by Gasteiger charge is -2.22. The van der Waals surface area contributed by atoms with E-state index >= 15 is 0 Å². The smallest absolute Gasteiger partial charge is 0.00722 e. The fraction of sp³-hybridized carbons (Fsp3) is 0.750. The monoisotopic (exact) mass is 237 g/mol. The first-order chi connectivity index (χ1) is 7.87. The molecule has 100 valence electrons. The Labute approximate surface area is 108 Å². The third-order valence-electron chi connectivity index (χ3n) is 3.23. The number of allylic oxidation sites excluding steroid dienone is 4. The Kier molecular flexibility index (Phi) is 8.24. The van der Waals surface area contributed by atoms with Crippen molar-refractivity contribution in [1.29, 1.82) is 0 Å². The Morgan fingerprint density at radius 2 is 1.65 bits per heavy atom. The summed E-state index contributed by atoms with van der Waals surface area (Å²) in [5, 5.41) is 0. The molecule has 0 aliphatic carbocycles. The van der Waals surface area contributed by atoms with Gasteiger partial charge in [0.25, 0.3) is 0 Å². The molecule has 1 heteroatoms. The number of rotatable bonds is 8. The molecule has 0 bridgehead atoms. The summed E-state index contributed by atoms with van der Waals surface area (Å²) in [5.74, 6) is 0. The van der Waals surface area contributed by atoms with Crippen LogP contribution in [0.2, 0.25) is 0 Å². The minimum Gasteiger partial charge on any atom is -0.330 e. The van der Waals surface area contributed by atoms with Crippen LogP contribution in [0.15, 0.2) is 23.3 Å². The Balaban J connectivity index is 3.87. The predicted octanol–water partition coefficient (Wildman–Crippen LogP) is 4.83. The highest BCUT2D eigenvalue weighted by molar-refractivity contribution is 5.02. The third kappa shape index (κ3) is 10.3. The van der Waals surface area contributed by atoms with Crippen LogP contribution < -0.4 is 5.73 Å². The lowest BCUT2D eigenvalue weighted by molar-refractivity contribution is 0.315. The SMILES string of the molecule is CC(C)=CCC/C(C)=C/CCC(C)(C)CCN. The highest BCUT2D eigenvalue weighted by Gasteiger charge is 2.15. The summed E-state index contributed by atoms with van der Waals surface area (Å²) < 4.78 is 0. The standard InChI is InChI=1S/C16H31N/c1-14(2)8-6-9-15(3)10-7-11-16(4,5)12-13-17/h8,10H,6-7,9,11-13,17H2,1-5H3/b15-10+. The minimum atomic E-state index is 0.394. The molecule has 0 radical (unpaired) electrons. The quantitative estimate of drug-likeness (QED) is 0.601. The molecule has 0 fully saturated rings. The Bertz CT molecular complexity index is 255. The molecule has 17 heavy (non-hydrogen) atoms. The van der Waals surface area contributed by atoms with Crippen LogP contribution in [0.1, 0.15) is 66.7 Å². The van der Waals surface area contributed by atoms with Crippen molar-refractivity contribution < 1.29 is 0 Å². The van der Waals surface area contributed by atoms with Crippen LogP contribution in [-0.4, -0.2) is 6.54 Å². The summed E-state index contributed by atoms with van der Waals surface area (Å²) in [6.45, 7) is 12.0. The van der Waals surface area contributed by atoms with Gasteiger partial charge in [0.1, 0.15) is 0 Å². The largest absolute Gasteiger partial charge is 0.330 e. The minimum absolute atomic E-state index is 0.394. The number of nitrogens with two attached hydrogens (primary N) is 1. The molecular formula is C16H31N. The van der Waals surface area contributed by atoms with Gasteiger partial charge in [0.2, 0.25) is 0 Å². The predicted molar refractivity (Wildman–Crippen MR) is 79.1 cm³/mol. The molecule has 2 N–H and O–H groups in total. The third-order valence-corrected chi connectivity index (χ3v) is 3.23. The van der Waals surface area contributed by atoms with Crippen LogP contribution in [0, 0.1) is 5.41 Å². The van der Waals surface area contributed by atoms with Crippen molar-refractivity contribution in [2.24, 2.45) is 11.1 Å². The van der Waals surface area contributed by atoms with Crippen LogP contribution in [0.4, 0.5) is 0 Å². The van der Waals surface area contributed by atoms with Gasteiger partial charge < -0.3 is 5.73 Å². The van der Waals surface area contributed by atoms with Gasteiger partial charge in [-0.3, -0.25) is 0 Å². The molecule has 0 atom stereocenters. The topological polar surface area (TPSA) is 26.0 Å². The second-order valence-electron chi connectivity index (χ2n) is 6.11. The van der Waals surface area contributed by atoms with Gasteiger partial charge in [-0.05, 0) is 64.8 Å². The number of hydrogen-bond donors (Lipinski definition) is 1. The Morgan fingerprint density at radius 1 is 1.00 bits per heavy atom. The molecule has 0 amide bonds. The molecule has 0 unspecified atom stereocenters. The second-order valence-corrected chi connectivity index (χ2v) is 6.11. The van der Waals surface area contributed by atoms with E-state index in [-0.39, 0.29) is 0 Å². The summed E-state index contributed by atoms with van der Waals surface area (Å²) in [6.07, 6.45) is 10.6. The zero-order chi connectivity index (χ0) is 13.3. The zero-order valence-corrected chi connectivity index (χ0v) is 12.5. The first kappa shape index (κ1) is 16.4. The Morgan fingerprint density at radius 3 is 2.18 bits per heavy atom. The molecule has 0 saturated carbocycles. The molecule has 0 aromatic heterocycles. The van der Waals surface area contributed by atoms with E-state index in [0.29, 0.717) is 5.41 Å². The lowest BCUT2D eigenvalue weighted by Crippen LogP contribution is -2.16. The van der Waals surface area contributed by atoms with Crippen molar-refractivity contribution in [3.8, 4) is 0 Å². The first-order valence-electron chi connectivity index (χ1n) is 6.86. The van der Waals surface area contributed by atoms with E-state index in [1.54, 1.807) is 0 Å². The zero-order valence-electron chi connectivity index (χ0n) is 12.5. The van der Waals surface area contributed by atoms with Gasteiger partial charge >= 0.3 is 0 Å². The van der Waals surface area contributed by atoms with E-state index < -0.39 is 0 Å². The van der Waals surface area contributed by atoms with Crippen molar-refractivity contribution in [3.05, 3.63) is 23.3 Å². The summed E-state index contributed by atoms with van der Waals surface area (Å²) in [4.78, 5) is 0. The first-order valence-corrected chi connectivity index (χ1v) is 6.86. The van der Waals surface area contributed by atoms with Crippen molar-refractivity contribution >= 4 is 0 Å². The van der Waals surface area contributed by atoms with Gasteiger partial charge in [-0.1, -0.05) is 37.1 Å². The number of hydrogen-bond acceptors (Lipinski definition) is 1. The molecule has 0 rings (SSSR count). The van der Waals surface area contributed by atoms with Crippen molar-refractivity contribution in [2.75, 3.05) is 6.54 Å². The summed E-state index contributed by atoms with van der Waals surface area (Å²) in [7, 11) is 0. The summed E-state index contributed by atoms with van der Waals surface area (Å²) in [6, 6.07) is 0. The second kappa shape index (κ2) is 8.52. The average Bonchev–Trinajstić information content (AvgIpc) is 2.16. The molecule has 0 aromatic rings. The molecule has 0 aliphatic rings. The molecule has 1 nitrogen and oxygen atoms in total. The van der Waals surface area contributed by atoms with Gasteiger partial charge in [-0.2, -0.15) is 0 Å². The van der Waals surface area contributed by atoms with Crippen molar-refractivity contribution in [3.63, 3.8) is 0 Å². The summed E-state index contributed by atoms with van der Waals surface area (Å²) >= 11 is 0. The van der Waals surface area contributed by atoms with E-state index in [1.165, 1.54) is 36.8 Å². The maximum atomic E-state index is 5.62. The molecule has 0 aromatic carbocycles. The van der Waals surface area contributed by atoms with Gasteiger partial charge in [-0.15, -0.1) is 0 Å². The molecule has 0 heterocycles. The van der Waals surface area contributed by atoms with Crippen LogP contribution in [0.3, 0.4) is 0 Å². The van der Waals surface area contributed by atoms with E-state index in [1.807, 2.05) is 0 Å².